The highest BCUT2D eigenvalue weighted by Crippen LogP contribution is 2.38. The summed E-state index contributed by atoms with van der Waals surface area (Å²) in [5, 5.41) is 5.57. The highest BCUT2D eigenvalue weighted by Gasteiger charge is 2.48. The minimum Gasteiger partial charge on any atom is -0.467 e. The highest BCUT2D eigenvalue weighted by molar-refractivity contribution is 5.96. The van der Waals surface area contributed by atoms with Crippen LogP contribution in [0.15, 0.2) is 30.3 Å². The van der Waals surface area contributed by atoms with E-state index in [2.05, 4.69) is 10.6 Å². The van der Waals surface area contributed by atoms with E-state index in [4.69, 9.17) is 4.74 Å². The van der Waals surface area contributed by atoms with Crippen molar-refractivity contribution in [2.45, 2.75) is 68.6 Å². The van der Waals surface area contributed by atoms with Gasteiger partial charge in [-0.2, -0.15) is 0 Å². The zero-order chi connectivity index (χ0) is 21.3. The van der Waals surface area contributed by atoms with Gasteiger partial charge in [-0.3, -0.25) is 14.4 Å². The molecule has 8 heteroatoms. The van der Waals surface area contributed by atoms with Gasteiger partial charge in [-0.15, -0.1) is 0 Å². The predicted molar refractivity (Wildman–Crippen MR) is 107 cm³/mol. The van der Waals surface area contributed by atoms with E-state index >= 15 is 0 Å². The second-order valence-corrected chi connectivity index (χ2v) is 8.26. The Hall–Kier alpha value is -2.90. The first-order valence-electron chi connectivity index (χ1n) is 10.5. The molecule has 160 valence electrons. The van der Waals surface area contributed by atoms with Crippen LogP contribution in [0.5, 0.6) is 0 Å². The molecule has 0 bridgehead atoms. The number of esters is 1. The molecule has 8 nitrogen and oxygen atoms in total. The third-order valence-electron chi connectivity index (χ3n) is 6.55. The van der Waals surface area contributed by atoms with Gasteiger partial charge in [-0.25, -0.2) is 4.79 Å². The summed E-state index contributed by atoms with van der Waals surface area (Å²) in [6, 6.07) is 7.58. The summed E-state index contributed by atoms with van der Waals surface area (Å²) < 4.78 is 4.93. The molecule has 0 aliphatic carbocycles. The Balaban J connectivity index is 1.64. The number of carbonyl (C=O) groups excluding carboxylic acids is 4. The average molecular weight is 413 g/mol. The molecule has 3 fully saturated rings. The average Bonchev–Trinajstić information content (AvgIpc) is 3.36. The van der Waals surface area contributed by atoms with E-state index in [0.29, 0.717) is 25.7 Å². The van der Waals surface area contributed by atoms with E-state index in [0.717, 1.165) is 18.4 Å². The van der Waals surface area contributed by atoms with Crippen molar-refractivity contribution in [2.24, 2.45) is 0 Å². The molecular formula is C22H27N3O5. The van der Waals surface area contributed by atoms with Gasteiger partial charge in [0.25, 0.3) is 0 Å². The van der Waals surface area contributed by atoms with Crippen molar-refractivity contribution in [1.29, 1.82) is 0 Å². The van der Waals surface area contributed by atoms with Gasteiger partial charge in [0.2, 0.25) is 17.7 Å². The fraction of sp³-hybridized carbons (Fsp3) is 0.545. The quantitative estimate of drug-likeness (QED) is 0.713. The summed E-state index contributed by atoms with van der Waals surface area (Å²) in [6.07, 6.45) is 3.50. The molecule has 0 aromatic heterocycles. The fourth-order valence-corrected chi connectivity index (χ4v) is 5.02. The maximum absolute atomic E-state index is 13.7. The number of nitrogens with one attached hydrogen (secondary N) is 2. The molecule has 0 radical (unpaired) electrons. The standard InChI is InChI=1S/C22H27N3O5/c1-30-22(29)17-11-8-14-7-9-15(13-5-3-2-4-6-13)19(21(28)25(14)17)24-20(27)16-10-12-18(26)23-16/h2-6,14-17,19H,7-12H2,1H3,(H,23,26)(H,24,27)/t14-,15-,16-,17-,19-/m0/s1. The molecule has 3 saturated heterocycles. The predicted octanol–water partition coefficient (Wildman–Crippen LogP) is 0.860. The van der Waals surface area contributed by atoms with E-state index in [1.54, 1.807) is 4.90 Å². The number of amides is 3. The first-order valence-corrected chi connectivity index (χ1v) is 10.5. The van der Waals surface area contributed by atoms with Gasteiger partial charge in [0.1, 0.15) is 18.1 Å². The number of ether oxygens (including phenoxy) is 1. The first-order chi connectivity index (χ1) is 14.5. The zero-order valence-corrected chi connectivity index (χ0v) is 17.0. The van der Waals surface area contributed by atoms with Crippen LogP contribution < -0.4 is 10.6 Å². The minimum absolute atomic E-state index is 0.0408. The number of carbonyl (C=O) groups is 4. The zero-order valence-electron chi connectivity index (χ0n) is 17.0. The number of nitrogens with zero attached hydrogens (tertiary/aromatic N) is 1. The first kappa shape index (κ1) is 20.4. The SMILES string of the molecule is COC(=O)[C@@H]1CC[C@@H]2CC[C@@H](c3ccccc3)[C@H](NC(=O)[C@@H]3CCC(=O)N3)C(=O)N21. The van der Waals surface area contributed by atoms with Crippen LogP contribution in [0.2, 0.25) is 0 Å². The molecular weight excluding hydrogens is 386 g/mol. The van der Waals surface area contributed by atoms with Crippen molar-refractivity contribution in [3.8, 4) is 0 Å². The van der Waals surface area contributed by atoms with Gasteiger partial charge in [-0.05, 0) is 37.7 Å². The molecule has 0 spiro atoms. The number of hydrogen-bond acceptors (Lipinski definition) is 5. The summed E-state index contributed by atoms with van der Waals surface area (Å²) in [5.41, 5.74) is 0.974. The summed E-state index contributed by atoms with van der Waals surface area (Å²) in [4.78, 5) is 52.0. The Morgan fingerprint density at radius 3 is 2.47 bits per heavy atom. The van der Waals surface area contributed by atoms with Crippen LogP contribution in [0.4, 0.5) is 0 Å². The number of methoxy groups -OCH3 is 1. The minimum atomic E-state index is -0.798. The third-order valence-corrected chi connectivity index (χ3v) is 6.55. The molecule has 30 heavy (non-hydrogen) atoms. The number of benzene rings is 1. The lowest BCUT2D eigenvalue weighted by molar-refractivity contribution is -0.153. The molecule has 1 aromatic rings. The van der Waals surface area contributed by atoms with Crippen molar-refractivity contribution < 1.29 is 23.9 Å². The lowest BCUT2D eigenvalue weighted by Crippen LogP contribution is -2.56. The number of fused-ring (bicyclic) bond motifs is 1. The Labute approximate surface area is 175 Å². The maximum atomic E-state index is 13.7. The van der Waals surface area contributed by atoms with Gasteiger partial charge < -0.3 is 20.3 Å². The molecule has 3 amide bonds. The van der Waals surface area contributed by atoms with E-state index < -0.39 is 24.1 Å². The summed E-state index contributed by atoms with van der Waals surface area (Å²) in [5.74, 6) is -1.39. The van der Waals surface area contributed by atoms with Crippen molar-refractivity contribution in [1.82, 2.24) is 15.5 Å². The number of hydrogen-bond donors (Lipinski definition) is 2. The summed E-state index contributed by atoms with van der Waals surface area (Å²) in [6.45, 7) is 0. The Morgan fingerprint density at radius 2 is 1.80 bits per heavy atom. The van der Waals surface area contributed by atoms with Crippen molar-refractivity contribution in [3.63, 3.8) is 0 Å². The van der Waals surface area contributed by atoms with E-state index in [1.807, 2.05) is 30.3 Å². The Bertz CT molecular complexity index is 842. The van der Waals surface area contributed by atoms with E-state index in [1.165, 1.54) is 7.11 Å². The van der Waals surface area contributed by atoms with Crippen molar-refractivity contribution in [3.05, 3.63) is 35.9 Å². The molecule has 3 aliphatic rings. The topological polar surface area (TPSA) is 105 Å². The lowest BCUT2D eigenvalue weighted by atomic mass is 9.86. The molecule has 4 rings (SSSR count). The van der Waals surface area contributed by atoms with Gasteiger partial charge in [0, 0.05) is 18.4 Å². The smallest absolute Gasteiger partial charge is 0.328 e. The molecule has 1 aromatic carbocycles. The maximum Gasteiger partial charge on any atom is 0.328 e. The molecule has 0 unspecified atom stereocenters. The van der Waals surface area contributed by atoms with Crippen molar-refractivity contribution in [2.75, 3.05) is 7.11 Å². The van der Waals surface area contributed by atoms with Gasteiger partial charge in [0.05, 0.1) is 7.11 Å². The van der Waals surface area contributed by atoms with Crippen LogP contribution in [-0.2, 0) is 23.9 Å². The monoisotopic (exact) mass is 413 g/mol. The summed E-state index contributed by atoms with van der Waals surface area (Å²) >= 11 is 0. The normalized spacial score (nSPS) is 31.0. The van der Waals surface area contributed by atoms with E-state index in [9.17, 15) is 19.2 Å². The van der Waals surface area contributed by atoms with Crippen LogP contribution >= 0.6 is 0 Å². The summed E-state index contributed by atoms with van der Waals surface area (Å²) in [7, 11) is 1.33. The van der Waals surface area contributed by atoms with E-state index in [-0.39, 0.29) is 29.7 Å². The van der Waals surface area contributed by atoms with Gasteiger partial charge >= 0.3 is 5.97 Å². The largest absolute Gasteiger partial charge is 0.467 e. The fourth-order valence-electron chi connectivity index (χ4n) is 5.02. The van der Waals surface area contributed by atoms with Crippen LogP contribution in [0.25, 0.3) is 0 Å². The van der Waals surface area contributed by atoms with Gasteiger partial charge in [-0.1, -0.05) is 30.3 Å². The van der Waals surface area contributed by atoms with Crippen molar-refractivity contribution >= 4 is 23.7 Å². The Morgan fingerprint density at radius 1 is 1.07 bits per heavy atom. The Kier molecular flexibility index (Phi) is 5.74. The molecule has 0 saturated carbocycles. The third kappa shape index (κ3) is 3.78. The molecule has 3 heterocycles. The molecule has 5 atom stereocenters. The second kappa shape index (κ2) is 8.45. The van der Waals surface area contributed by atoms with Crippen LogP contribution in [0.3, 0.4) is 0 Å². The van der Waals surface area contributed by atoms with Crippen LogP contribution in [0, 0.1) is 0 Å². The van der Waals surface area contributed by atoms with Crippen LogP contribution in [0.1, 0.15) is 50.0 Å². The second-order valence-electron chi connectivity index (χ2n) is 8.26. The highest BCUT2D eigenvalue weighted by atomic mass is 16.5. The molecule has 2 N–H and O–H groups in total. The molecule has 3 aliphatic heterocycles. The number of rotatable bonds is 4. The lowest BCUT2D eigenvalue weighted by Gasteiger charge is -2.32. The van der Waals surface area contributed by atoms with Gasteiger partial charge in [0.15, 0.2) is 0 Å². The van der Waals surface area contributed by atoms with Crippen LogP contribution in [-0.4, -0.2) is 59.9 Å².